The van der Waals surface area contributed by atoms with Gasteiger partial charge in [-0.05, 0) is 57.5 Å². The molecule has 2 aromatic carbocycles. The van der Waals surface area contributed by atoms with Crippen molar-refractivity contribution in [3.8, 4) is 0 Å². The quantitative estimate of drug-likeness (QED) is 0.660. The number of carbonyl (C=O) groups is 1. The van der Waals surface area contributed by atoms with Gasteiger partial charge in [-0.2, -0.15) is 4.72 Å². The zero-order valence-electron chi connectivity index (χ0n) is 15.6. The average Bonchev–Trinajstić information content (AvgIpc) is 2.53. The molecular weight excluding hydrogens is 432 g/mol. The normalized spacial score (nSPS) is 13.1. The molecular formula is C19H23BrN2O4S. The van der Waals surface area contributed by atoms with Crippen molar-refractivity contribution in [2.45, 2.75) is 44.4 Å². The van der Waals surface area contributed by atoms with Crippen molar-refractivity contribution in [3.05, 3.63) is 64.1 Å². The third-order valence-corrected chi connectivity index (χ3v) is 5.44. The number of sulfonamides is 1. The smallest absolute Gasteiger partial charge is 0.409 e. The highest BCUT2D eigenvalue weighted by Gasteiger charge is 2.25. The Hall–Kier alpha value is -1.90. The van der Waals surface area contributed by atoms with Crippen LogP contribution in [0, 0.1) is 6.92 Å². The Morgan fingerprint density at radius 3 is 2.11 bits per heavy atom. The molecule has 0 saturated heterocycles. The van der Waals surface area contributed by atoms with Gasteiger partial charge >= 0.3 is 6.09 Å². The minimum absolute atomic E-state index is 0.112. The number of ether oxygens (including phenoxy) is 1. The zero-order valence-corrected chi connectivity index (χ0v) is 18.0. The number of rotatable bonds is 5. The van der Waals surface area contributed by atoms with Gasteiger partial charge in [-0.1, -0.05) is 45.8 Å². The fraction of sp³-hybridized carbons (Fsp3) is 0.316. The molecule has 0 heterocycles. The van der Waals surface area contributed by atoms with E-state index in [1.807, 2.05) is 6.92 Å². The van der Waals surface area contributed by atoms with Gasteiger partial charge in [-0.25, -0.2) is 13.2 Å². The molecule has 0 radical (unpaired) electrons. The van der Waals surface area contributed by atoms with Crippen molar-refractivity contribution < 1.29 is 17.9 Å². The van der Waals surface area contributed by atoms with Crippen molar-refractivity contribution in [2.24, 2.45) is 0 Å². The zero-order chi connectivity index (χ0) is 20.2. The van der Waals surface area contributed by atoms with Crippen LogP contribution >= 0.6 is 15.9 Å². The van der Waals surface area contributed by atoms with Crippen molar-refractivity contribution in [1.82, 2.24) is 10.0 Å². The largest absolute Gasteiger partial charge is 0.444 e. The van der Waals surface area contributed by atoms with Gasteiger partial charge in [0.15, 0.2) is 0 Å². The minimum Gasteiger partial charge on any atom is -0.444 e. The molecule has 146 valence electrons. The molecule has 0 aliphatic rings. The molecule has 6 nitrogen and oxygen atoms in total. The highest BCUT2D eigenvalue weighted by molar-refractivity contribution is 9.10. The third kappa shape index (κ3) is 6.64. The molecule has 0 aliphatic heterocycles. The number of nitrogens with one attached hydrogen (secondary N) is 2. The molecule has 0 aliphatic carbocycles. The second kappa shape index (κ2) is 8.41. The number of alkyl carbamates (subject to hydrolysis) is 1. The first-order valence-corrected chi connectivity index (χ1v) is 10.6. The topological polar surface area (TPSA) is 84.5 Å². The summed E-state index contributed by atoms with van der Waals surface area (Å²) >= 11 is 3.34. The molecule has 2 N–H and O–H groups in total. The Morgan fingerprint density at radius 2 is 1.59 bits per heavy atom. The van der Waals surface area contributed by atoms with Crippen LogP contribution in [0.25, 0.3) is 0 Å². The molecule has 0 spiro atoms. The van der Waals surface area contributed by atoms with Gasteiger partial charge in [-0.3, -0.25) is 0 Å². The Balaban J connectivity index is 2.30. The number of halogens is 1. The van der Waals surface area contributed by atoms with Gasteiger partial charge in [0, 0.05) is 4.47 Å². The summed E-state index contributed by atoms with van der Waals surface area (Å²) < 4.78 is 34.1. The lowest BCUT2D eigenvalue weighted by Gasteiger charge is -2.24. The Kier molecular flexibility index (Phi) is 6.67. The SMILES string of the molecule is Cc1ccc(S(=O)(=O)NC(NC(=O)OC(C)(C)C)c2ccc(Br)cc2)cc1. The lowest BCUT2D eigenvalue weighted by Crippen LogP contribution is -2.43. The van der Waals surface area contributed by atoms with E-state index < -0.39 is 27.9 Å². The highest BCUT2D eigenvalue weighted by atomic mass is 79.9. The maximum atomic E-state index is 12.7. The van der Waals surface area contributed by atoms with Crippen molar-refractivity contribution in [1.29, 1.82) is 0 Å². The van der Waals surface area contributed by atoms with E-state index in [0.29, 0.717) is 5.56 Å². The summed E-state index contributed by atoms with van der Waals surface area (Å²) in [5.74, 6) is 0. The second-order valence-electron chi connectivity index (χ2n) is 7.07. The minimum atomic E-state index is -3.86. The van der Waals surface area contributed by atoms with E-state index in [1.165, 1.54) is 12.1 Å². The molecule has 2 aromatic rings. The van der Waals surface area contributed by atoms with Gasteiger partial charge in [0.05, 0.1) is 4.90 Å². The van der Waals surface area contributed by atoms with Crippen molar-refractivity contribution in [3.63, 3.8) is 0 Å². The van der Waals surface area contributed by atoms with Crippen molar-refractivity contribution in [2.75, 3.05) is 0 Å². The first kappa shape index (κ1) is 21.4. The van der Waals surface area contributed by atoms with Gasteiger partial charge in [0.2, 0.25) is 10.0 Å². The summed E-state index contributed by atoms with van der Waals surface area (Å²) in [6, 6.07) is 13.4. The highest BCUT2D eigenvalue weighted by Crippen LogP contribution is 2.19. The molecule has 8 heteroatoms. The van der Waals surface area contributed by atoms with E-state index in [-0.39, 0.29) is 4.90 Å². The number of aryl methyl sites for hydroxylation is 1. The first-order valence-electron chi connectivity index (χ1n) is 8.30. The molecule has 1 unspecified atom stereocenters. The maximum Gasteiger partial charge on any atom is 0.409 e. The number of benzene rings is 2. The summed E-state index contributed by atoms with van der Waals surface area (Å²) in [6.07, 6.45) is -1.71. The number of carbonyl (C=O) groups excluding carboxylic acids is 1. The predicted molar refractivity (Wildman–Crippen MR) is 108 cm³/mol. The molecule has 27 heavy (non-hydrogen) atoms. The number of hydrogen-bond donors (Lipinski definition) is 2. The van der Waals surface area contributed by atoms with Crippen LogP contribution < -0.4 is 10.0 Å². The van der Waals surface area contributed by atoms with Crippen LogP contribution in [0.4, 0.5) is 4.79 Å². The first-order chi connectivity index (χ1) is 12.5. The van der Waals surface area contributed by atoms with Crippen LogP contribution in [0.3, 0.4) is 0 Å². The van der Waals surface area contributed by atoms with Gasteiger partial charge in [0.25, 0.3) is 0 Å². The fourth-order valence-corrected chi connectivity index (χ4v) is 3.60. The lowest BCUT2D eigenvalue weighted by atomic mass is 10.2. The molecule has 2 rings (SSSR count). The lowest BCUT2D eigenvalue weighted by molar-refractivity contribution is 0.0501. The second-order valence-corrected chi connectivity index (χ2v) is 9.69. The summed E-state index contributed by atoms with van der Waals surface area (Å²) in [5, 5.41) is 2.58. The van der Waals surface area contributed by atoms with Crippen LogP contribution in [-0.2, 0) is 14.8 Å². The predicted octanol–water partition coefficient (Wildman–Crippen LogP) is 4.26. The molecule has 0 fully saturated rings. The molecule has 1 amide bonds. The Labute approximate surface area is 168 Å². The standard InChI is InChI=1S/C19H23BrN2O4S/c1-13-5-11-16(12-6-13)27(24,25)22-17(14-7-9-15(20)10-8-14)21-18(23)26-19(2,3)4/h5-12,17,22H,1-4H3,(H,21,23). The summed E-state index contributed by atoms with van der Waals surface area (Å²) in [4.78, 5) is 12.3. The van der Waals surface area contributed by atoms with E-state index in [9.17, 15) is 13.2 Å². The van der Waals surface area contributed by atoms with Crippen LogP contribution in [0.5, 0.6) is 0 Å². The van der Waals surface area contributed by atoms with Crippen molar-refractivity contribution >= 4 is 32.0 Å². The summed E-state index contributed by atoms with van der Waals surface area (Å²) in [5.41, 5.74) is 0.814. The van der Waals surface area contributed by atoms with Crippen LogP contribution in [0.15, 0.2) is 57.9 Å². The summed E-state index contributed by atoms with van der Waals surface area (Å²) in [6.45, 7) is 7.07. The molecule has 0 bridgehead atoms. The van der Waals surface area contributed by atoms with E-state index in [4.69, 9.17) is 4.74 Å². The van der Waals surface area contributed by atoms with E-state index in [0.717, 1.165) is 10.0 Å². The van der Waals surface area contributed by atoms with E-state index >= 15 is 0 Å². The Bertz CT molecular complexity index is 889. The van der Waals surface area contributed by atoms with E-state index in [2.05, 4.69) is 26.0 Å². The van der Waals surface area contributed by atoms with Gasteiger partial charge in [0.1, 0.15) is 11.8 Å². The van der Waals surface area contributed by atoms with E-state index in [1.54, 1.807) is 57.2 Å². The maximum absolute atomic E-state index is 12.7. The molecule has 1 atom stereocenters. The monoisotopic (exact) mass is 454 g/mol. The molecule has 0 aromatic heterocycles. The number of hydrogen-bond acceptors (Lipinski definition) is 4. The van der Waals surface area contributed by atoms with Crippen LogP contribution in [-0.4, -0.2) is 20.1 Å². The fourth-order valence-electron chi connectivity index (χ4n) is 2.20. The summed E-state index contributed by atoms with van der Waals surface area (Å²) in [7, 11) is -3.86. The molecule has 0 saturated carbocycles. The average molecular weight is 455 g/mol. The van der Waals surface area contributed by atoms with Crippen LogP contribution in [0.2, 0.25) is 0 Å². The van der Waals surface area contributed by atoms with Crippen LogP contribution in [0.1, 0.15) is 38.1 Å². The Morgan fingerprint density at radius 1 is 1.04 bits per heavy atom. The van der Waals surface area contributed by atoms with Gasteiger partial charge in [-0.15, -0.1) is 0 Å². The number of amides is 1. The van der Waals surface area contributed by atoms with Gasteiger partial charge < -0.3 is 10.1 Å². The third-order valence-electron chi connectivity index (χ3n) is 3.47.